The number of rotatable bonds is 13. The molecular formula is C18H34N2O2. The summed E-state index contributed by atoms with van der Waals surface area (Å²) in [5.41, 5.74) is 1.27. The molecule has 0 aliphatic rings. The number of amides is 2. The molecule has 0 bridgehead atoms. The molecule has 4 heteroatoms. The van der Waals surface area contributed by atoms with Crippen LogP contribution in [0.2, 0.25) is 0 Å². The van der Waals surface area contributed by atoms with Gasteiger partial charge in [0.1, 0.15) is 0 Å². The molecule has 4 nitrogen and oxygen atoms in total. The molecule has 0 aromatic carbocycles. The second kappa shape index (κ2) is 13.4. The van der Waals surface area contributed by atoms with Gasteiger partial charge in [0, 0.05) is 32.5 Å². The number of carbonyl (C=O) groups is 2. The Hall–Kier alpha value is -1.32. The normalized spacial score (nSPS) is 10.3. The minimum Gasteiger partial charge on any atom is -0.354 e. The fourth-order valence-electron chi connectivity index (χ4n) is 2.38. The van der Waals surface area contributed by atoms with Crippen LogP contribution in [-0.2, 0) is 9.59 Å². The lowest BCUT2D eigenvalue weighted by Crippen LogP contribution is -2.39. The van der Waals surface area contributed by atoms with Crippen LogP contribution in [0.15, 0.2) is 12.2 Å². The summed E-state index contributed by atoms with van der Waals surface area (Å²) in [7, 11) is 0. The van der Waals surface area contributed by atoms with E-state index in [0.717, 1.165) is 45.1 Å². The molecule has 0 atom stereocenters. The summed E-state index contributed by atoms with van der Waals surface area (Å²) in [5, 5.41) is 2.88. The van der Waals surface area contributed by atoms with Gasteiger partial charge in [0.2, 0.25) is 11.8 Å². The third-order valence-electron chi connectivity index (χ3n) is 3.56. The molecule has 2 amide bonds. The van der Waals surface area contributed by atoms with E-state index >= 15 is 0 Å². The predicted octanol–water partition coefficient (Wildman–Crippen LogP) is 3.67. The molecule has 0 unspecified atom stereocenters. The topological polar surface area (TPSA) is 49.4 Å². The Morgan fingerprint density at radius 3 is 2.14 bits per heavy atom. The number of allylic oxidation sites excluding steroid dienone is 1. The Balaban J connectivity index is 4.18. The van der Waals surface area contributed by atoms with Crippen molar-refractivity contribution >= 4 is 11.8 Å². The van der Waals surface area contributed by atoms with Crippen molar-refractivity contribution in [1.29, 1.82) is 0 Å². The number of nitrogens with zero attached hydrogens (tertiary/aromatic N) is 1. The number of hydrogen-bond acceptors (Lipinski definition) is 2. The lowest BCUT2D eigenvalue weighted by molar-refractivity contribution is -0.131. The maximum absolute atomic E-state index is 12.1. The molecule has 0 saturated heterocycles. The molecule has 0 aromatic rings. The smallest absolute Gasteiger partial charge is 0.222 e. The van der Waals surface area contributed by atoms with Crippen molar-refractivity contribution in [3.8, 4) is 0 Å². The first-order valence-corrected chi connectivity index (χ1v) is 8.76. The van der Waals surface area contributed by atoms with Crippen LogP contribution in [0.1, 0.15) is 72.1 Å². The summed E-state index contributed by atoms with van der Waals surface area (Å²) in [6.45, 7) is 12.1. The SMILES string of the molecule is C=C(CCC)CCCN(CCNC(=O)CCC)C(=O)CCC. The Labute approximate surface area is 136 Å². The van der Waals surface area contributed by atoms with Gasteiger partial charge >= 0.3 is 0 Å². The molecule has 22 heavy (non-hydrogen) atoms. The molecule has 0 aliphatic heterocycles. The van der Waals surface area contributed by atoms with Crippen molar-refractivity contribution in [2.75, 3.05) is 19.6 Å². The molecule has 1 N–H and O–H groups in total. The van der Waals surface area contributed by atoms with Crippen molar-refractivity contribution in [2.24, 2.45) is 0 Å². The lowest BCUT2D eigenvalue weighted by atomic mass is 10.1. The first kappa shape index (κ1) is 20.7. The molecule has 0 heterocycles. The van der Waals surface area contributed by atoms with Gasteiger partial charge in [-0.3, -0.25) is 9.59 Å². The lowest BCUT2D eigenvalue weighted by Gasteiger charge is -2.23. The van der Waals surface area contributed by atoms with Crippen LogP contribution >= 0.6 is 0 Å². The number of nitrogens with one attached hydrogen (secondary N) is 1. The molecule has 0 fully saturated rings. The number of hydrogen-bond donors (Lipinski definition) is 1. The molecule has 0 rings (SSSR count). The first-order valence-electron chi connectivity index (χ1n) is 8.76. The van der Waals surface area contributed by atoms with E-state index in [4.69, 9.17) is 0 Å². The standard InChI is InChI=1S/C18H34N2O2/c1-5-9-16(4)12-8-14-20(18(22)11-7-3)15-13-19-17(21)10-6-2/h4-15H2,1-3H3,(H,19,21). The third-order valence-corrected chi connectivity index (χ3v) is 3.56. The van der Waals surface area contributed by atoms with E-state index in [2.05, 4.69) is 18.8 Å². The average molecular weight is 310 g/mol. The van der Waals surface area contributed by atoms with E-state index in [1.54, 1.807) is 0 Å². The van der Waals surface area contributed by atoms with Crippen molar-refractivity contribution < 1.29 is 9.59 Å². The molecule has 0 aromatic heterocycles. The minimum absolute atomic E-state index is 0.0710. The van der Waals surface area contributed by atoms with E-state index in [-0.39, 0.29) is 11.8 Å². The first-order chi connectivity index (χ1) is 10.5. The van der Waals surface area contributed by atoms with E-state index in [0.29, 0.717) is 25.9 Å². The monoisotopic (exact) mass is 310 g/mol. The van der Waals surface area contributed by atoms with Crippen molar-refractivity contribution in [3.63, 3.8) is 0 Å². The molecule has 0 saturated carbocycles. The van der Waals surface area contributed by atoms with Crippen molar-refractivity contribution in [1.82, 2.24) is 10.2 Å². The minimum atomic E-state index is 0.0710. The number of carbonyl (C=O) groups excluding carboxylic acids is 2. The highest BCUT2D eigenvalue weighted by atomic mass is 16.2. The Morgan fingerprint density at radius 1 is 0.909 bits per heavy atom. The molecule has 0 spiro atoms. The summed E-state index contributed by atoms with van der Waals surface area (Å²) < 4.78 is 0. The molecular weight excluding hydrogens is 276 g/mol. The summed E-state index contributed by atoms with van der Waals surface area (Å²) in [5.74, 6) is 0.259. The molecule has 0 radical (unpaired) electrons. The van der Waals surface area contributed by atoms with E-state index < -0.39 is 0 Å². The van der Waals surface area contributed by atoms with Gasteiger partial charge < -0.3 is 10.2 Å². The van der Waals surface area contributed by atoms with Crippen molar-refractivity contribution in [3.05, 3.63) is 12.2 Å². The van der Waals surface area contributed by atoms with Gasteiger partial charge in [-0.2, -0.15) is 0 Å². The summed E-state index contributed by atoms with van der Waals surface area (Å²) in [4.78, 5) is 25.5. The largest absolute Gasteiger partial charge is 0.354 e. The van der Waals surface area contributed by atoms with E-state index in [1.807, 2.05) is 18.7 Å². The van der Waals surface area contributed by atoms with Crippen LogP contribution in [-0.4, -0.2) is 36.3 Å². The van der Waals surface area contributed by atoms with Crippen LogP contribution in [0, 0.1) is 0 Å². The molecule has 0 aliphatic carbocycles. The quantitative estimate of drug-likeness (QED) is 0.528. The Morgan fingerprint density at radius 2 is 1.55 bits per heavy atom. The highest BCUT2D eigenvalue weighted by Gasteiger charge is 2.12. The van der Waals surface area contributed by atoms with Gasteiger partial charge in [-0.15, -0.1) is 0 Å². The van der Waals surface area contributed by atoms with E-state index in [1.165, 1.54) is 5.57 Å². The zero-order chi connectivity index (χ0) is 16.8. The third kappa shape index (κ3) is 10.4. The fraction of sp³-hybridized carbons (Fsp3) is 0.778. The zero-order valence-electron chi connectivity index (χ0n) is 14.7. The maximum atomic E-state index is 12.1. The van der Waals surface area contributed by atoms with Crippen molar-refractivity contribution in [2.45, 2.75) is 72.1 Å². The predicted molar refractivity (Wildman–Crippen MR) is 92.7 cm³/mol. The maximum Gasteiger partial charge on any atom is 0.222 e. The molecule has 128 valence electrons. The van der Waals surface area contributed by atoms with Crippen LogP contribution in [0.5, 0.6) is 0 Å². The highest BCUT2D eigenvalue weighted by molar-refractivity contribution is 5.77. The zero-order valence-corrected chi connectivity index (χ0v) is 14.7. The fourth-order valence-corrected chi connectivity index (χ4v) is 2.38. The van der Waals surface area contributed by atoms with Crippen LogP contribution in [0.3, 0.4) is 0 Å². The van der Waals surface area contributed by atoms with Crippen LogP contribution in [0.25, 0.3) is 0 Å². The summed E-state index contributed by atoms with van der Waals surface area (Å²) >= 11 is 0. The second-order valence-electron chi connectivity index (χ2n) is 5.83. The highest BCUT2D eigenvalue weighted by Crippen LogP contribution is 2.10. The van der Waals surface area contributed by atoms with Gasteiger partial charge in [-0.05, 0) is 32.1 Å². The summed E-state index contributed by atoms with van der Waals surface area (Å²) in [6, 6.07) is 0. The Bertz CT molecular complexity index is 316. The van der Waals surface area contributed by atoms with Gasteiger partial charge in [-0.1, -0.05) is 39.3 Å². The van der Waals surface area contributed by atoms with Crippen LogP contribution < -0.4 is 5.32 Å². The van der Waals surface area contributed by atoms with Gasteiger partial charge in [-0.25, -0.2) is 0 Å². The Kier molecular flexibility index (Phi) is 12.5. The summed E-state index contributed by atoms with van der Waals surface area (Å²) in [6.07, 6.45) is 6.97. The van der Waals surface area contributed by atoms with Gasteiger partial charge in [0.25, 0.3) is 0 Å². The average Bonchev–Trinajstić information content (AvgIpc) is 2.46. The van der Waals surface area contributed by atoms with Gasteiger partial charge in [0.05, 0.1) is 0 Å². The van der Waals surface area contributed by atoms with Gasteiger partial charge in [0.15, 0.2) is 0 Å². The van der Waals surface area contributed by atoms with E-state index in [9.17, 15) is 9.59 Å². The van der Waals surface area contributed by atoms with Crippen LogP contribution in [0.4, 0.5) is 0 Å². The second-order valence-corrected chi connectivity index (χ2v) is 5.83.